The summed E-state index contributed by atoms with van der Waals surface area (Å²) < 4.78 is 37.6. The summed E-state index contributed by atoms with van der Waals surface area (Å²) in [6.07, 6.45) is -2.20. The van der Waals surface area contributed by atoms with Crippen molar-refractivity contribution in [1.82, 2.24) is 15.1 Å². The van der Waals surface area contributed by atoms with Crippen molar-refractivity contribution >= 4 is 5.91 Å². The lowest BCUT2D eigenvalue weighted by molar-refractivity contribution is -0.141. The van der Waals surface area contributed by atoms with Gasteiger partial charge in [-0.3, -0.25) is 9.48 Å². The molecule has 0 radical (unpaired) electrons. The minimum absolute atomic E-state index is 0.0456. The van der Waals surface area contributed by atoms with Gasteiger partial charge in [-0.2, -0.15) is 18.3 Å². The number of rotatable bonds is 6. The summed E-state index contributed by atoms with van der Waals surface area (Å²) in [5.41, 5.74) is -1.02. The van der Waals surface area contributed by atoms with Gasteiger partial charge in [0.05, 0.1) is 0 Å². The van der Waals surface area contributed by atoms with Crippen molar-refractivity contribution in [3.05, 3.63) is 18.0 Å². The molecule has 0 aliphatic rings. The molecule has 1 heterocycles. The van der Waals surface area contributed by atoms with Crippen LogP contribution in [-0.2, 0) is 17.5 Å². The first-order valence-electron chi connectivity index (χ1n) is 5.41. The van der Waals surface area contributed by atoms with Gasteiger partial charge >= 0.3 is 6.18 Å². The maximum absolute atomic E-state index is 12.2. The van der Waals surface area contributed by atoms with Crippen LogP contribution in [0.4, 0.5) is 13.2 Å². The lowest BCUT2D eigenvalue weighted by Gasteiger charge is -2.05. The molecule has 0 atom stereocenters. The fourth-order valence-corrected chi connectivity index (χ4v) is 1.27. The third-order valence-corrected chi connectivity index (χ3v) is 2.14. The van der Waals surface area contributed by atoms with Gasteiger partial charge in [0.1, 0.15) is 6.54 Å². The Hall–Kier alpha value is -1.57. The summed E-state index contributed by atoms with van der Waals surface area (Å²) in [4.78, 5) is 11.3. The first-order valence-corrected chi connectivity index (χ1v) is 5.41. The maximum atomic E-state index is 12.2. The third-order valence-electron chi connectivity index (χ3n) is 2.14. The van der Waals surface area contributed by atoms with Crippen LogP contribution in [0.3, 0.4) is 0 Å². The molecular formula is C10H14F3N3O2. The van der Waals surface area contributed by atoms with Gasteiger partial charge in [0.2, 0.25) is 5.91 Å². The van der Waals surface area contributed by atoms with Crippen LogP contribution in [0.1, 0.15) is 18.5 Å². The van der Waals surface area contributed by atoms with Crippen molar-refractivity contribution < 1.29 is 23.1 Å². The fraction of sp³-hybridized carbons (Fsp3) is 0.600. The second-order valence-electron chi connectivity index (χ2n) is 3.68. The molecule has 0 spiro atoms. The number of carbonyl (C=O) groups is 1. The number of alkyl halides is 3. The Balaban J connectivity index is 2.38. The Morgan fingerprint density at radius 3 is 2.72 bits per heavy atom. The van der Waals surface area contributed by atoms with Gasteiger partial charge < -0.3 is 10.4 Å². The molecule has 0 aliphatic heterocycles. The van der Waals surface area contributed by atoms with Gasteiger partial charge in [-0.25, -0.2) is 0 Å². The number of carbonyl (C=O) groups excluding carboxylic acids is 1. The minimum Gasteiger partial charge on any atom is -0.396 e. The summed E-state index contributed by atoms with van der Waals surface area (Å²) in [6.45, 7) is 0.173. The number of nitrogens with zero attached hydrogens (tertiary/aromatic N) is 2. The Bertz CT molecular complexity index is 390. The molecule has 18 heavy (non-hydrogen) atoms. The van der Waals surface area contributed by atoms with E-state index in [0.717, 1.165) is 16.9 Å². The molecule has 0 bridgehead atoms. The van der Waals surface area contributed by atoms with E-state index in [1.165, 1.54) is 0 Å². The molecule has 0 aromatic carbocycles. The van der Waals surface area contributed by atoms with Crippen molar-refractivity contribution in [3.8, 4) is 0 Å². The van der Waals surface area contributed by atoms with E-state index in [2.05, 4.69) is 10.4 Å². The van der Waals surface area contributed by atoms with Crippen LogP contribution in [0, 0.1) is 0 Å². The number of aromatic nitrogens is 2. The monoisotopic (exact) mass is 265 g/mol. The molecule has 0 fully saturated rings. The number of amides is 1. The van der Waals surface area contributed by atoms with Crippen LogP contribution in [-0.4, -0.2) is 33.9 Å². The average molecular weight is 265 g/mol. The quantitative estimate of drug-likeness (QED) is 0.747. The summed E-state index contributed by atoms with van der Waals surface area (Å²) in [6, 6.07) is 0.818. The molecule has 8 heteroatoms. The molecule has 0 aliphatic carbocycles. The Labute approximate surface area is 102 Å². The zero-order chi connectivity index (χ0) is 13.6. The highest BCUT2D eigenvalue weighted by Crippen LogP contribution is 2.27. The zero-order valence-electron chi connectivity index (χ0n) is 9.57. The lowest BCUT2D eigenvalue weighted by atomic mass is 10.3. The van der Waals surface area contributed by atoms with E-state index < -0.39 is 17.8 Å². The first-order chi connectivity index (χ1) is 8.43. The van der Waals surface area contributed by atoms with Crippen molar-refractivity contribution in [3.63, 3.8) is 0 Å². The SMILES string of the molecule is O=C(Cn1ccc(C(F)(F)F)n1)NCCCCO. The second kappa shape index (κ2) is 6.39. The van der Waals surface area contributed by atoms with Gasteiger partial charge in [0, 0.05) is 19.3 Å². The lowest BCUT2D eigenvalue weighted by Crippen LogP contribution is -2.28. The summed E-state index contributed by atoms with van der Waals surface area (Å²) in [5.74, 6) is -0.412. The van der Waals surface area contributed by atoms with E-state index in [1.54, 1.807) is 0 Å². The predicted octanol–water partition coefficient (Wildman–Crippen LogP) is 0.791. The largest absolute Gasteiger partial charge is 0.435 e. The van der Waals surface area contributed by atoms with Gasteiger partial charge in [-0.1, -0.05) is 0 Å². The van der Waals surface area contributed by atoms with Gasteiger partial charge in [-0.05, 0) is 18.9 Å². The number of halogens is 3. The highest BCUT2D eigenvalue weighted by Gasteiger charge is 2.33. The van der Waals surface area contributed by atoms with E-state index >= 15 is 0 Å². The van der Waals surface area contributed by atoms with Crippen LogP contribution >= 0.6 is 0 Å². The standard InChI is InChI=1S/C10H14F3N3O2/c11-10(12,13)8-3-5-16(15-8)7-9(18)14-4-1-2-6-17/h3,5,17H,1-2,4,6-7H2,(H,14,18). The van der Waals surface area contributed by atoms with Crippen molar-refractivity contribution in [2.24, 2.45) is 0 Å². The van der Waals surface area contributed by atoms with Gasteiger partial charge in [-0.15, -0.1) is 0 Å². The molecule has 0 unspecified atom stereocenters. The van der Waals surface area contributed by atoms with E-state index in [1.807, 2.05) is 0 Å². The highest BCUT2D eigenvalue weighted by atomic mass is 19.4. The summed E-state index contributed by atoms with van der Waals surface area (Å²) >= 11 is 0. The van der Waals surface area contributed by atoms with Gasteiger partial charge in [0.25, 0.3) is 0 Å². The van der Waals surface area contributed by atoms with Crippen molar-refractivity contribution in [2.75, 3.05) is 13.2 Å². The summed E-state index contributed by atoms with van der Waals surface area (Å²) in [7, 11) is 0. The maximum Gasteiger partial charge on any atom is 0.435 e. The number of hydrogen-bond acceptors (Lipinski definition) is 3. The fourth-order valence-electron chi connectivity index (χ4n) is 1.27. The molecule has 0 saturated carbocycles. The number of aliphatic hydroxyl groups excluding tert-OH is 1. The second-order valence-corrected chi connectivity index (χ2v) is 3.68. The Kier molecular flexibility index (Phi) is 5.14. The Morgan fingerprint density at radius 1 is 1.44 bits per heavy atom. The van der Waals surface area contributed by atoms with Gasteiger partial charge in [0.15, 0.2) is 5.69 Å². The van der Waals surface area contributed by atoms with E-state index in [0.29, 0.717) is 19.4 Å². The smallest absolute Gasteiger partial charge is 0.396 e. The molecule has 1 rings (SSSR count). The first kappa shape index (κ1) is 14.5. The molecule has 0 saturated heterocycles. The van der Waals surface area contributed by atoms with E-state index in [9.17, 15) is 18.0 Å². The molecule has 5 nitrogen and oxygen atoms in total. The van der Waals surface area contributed by atoms with E-state index in [4.69, 9.17) is 5.11 Å². The van der Waals surface area contributed by atoms with Crippen LogP contribution < -0.4 is 5.32 Å². The molecular weight excluding hydrogens is 251 g/mol. The van der Waals surface area contributed by atoms with E-state index in [-0.39, 0.29) is 13.2 Å². The normalized spacial score (nSPS) is 11.6. The molecule has 1 aromatic heterocycles. The predicted molar refractivity (Wildman–Crippen MR) is 56.6 cm³/mol. The van der Waals surface area contributed by atoms with Crippen LogP contribution in [0.25, 0.3) is 0 Å². The Morgan fingerprint density at radius 2 is 2.17 bits per heavy atom. The van der Waals surface area contributed by atoms with Crippen molar-refractivity contribution in [2.45, 2.75) is 25.6 Å². The zero-order valence-corrected chi connectivity index (χ0v) is 9.57. The molecule has 1 amide bonds. The average Bonchev–Trinajstić information content (AvgIpc) is 2.72. The molecule has 1 aromatic rings. The number of unbranched alkanes of at least 4 members (excludes halogenated alkanes) is 1. The molecule has 102 valence electrons. The van der Waals surface area contributed by atoms with Crippen LogP contribution in [0.2, 0.25) is 0 Å². The topological polar surface area (TPSA) is 67.2 Å². The highest BCUT2D eigenvalue weighted by molar-refractivity contribution is 5.75. The number of aliphatic hydroxyl groups is 1. The minimum atomic E-state index is -4.50. The van der Waals surface area contributed by atoms with Crippen LogP contribution in [0.5, 0.6) is 0 Å². The number of hydrogen-bond donors (Lipinski definition) is 2. The third kappa shape index (κ3) is 4.74. The van der Waals surface area contributed by atoms with Crippen molar-refractivity contribution in [1.29, 1.82) is 0 Å². The number of nitrogens with one attached hydrogen (secondary N) is 1. The molecule has 2 N–H and O–H groups in total. The van der Waals surface area contributed by atoms with Crippen LogP contribution in [0.15, 0.2) is 12.3 Å². The summed E-state index contributed by atoms with van der Waals surface area (Å²) in [5, 5.41) is 14.3.